The molecule has 0 aromatic heterocycles. The molecule has 0 spiro atoms. The van der Waals surface area contributed by atoms with Crippen LogP contribution in [-0.2, 0) is 5.13 Å². The van der Waals surface area contributed by atoms with E-state index in [1.54, 1.807) is 6.92 Å². The van der Waals surface area contributed by atoms with Crippen molar-refractivity contribution in [3.8, 4) is 0 Å². The first-order valence-corrected chi connectivity index (χ1v) is 5.14. The molecule has 0 amide bonds. The van der Waals surface area contributed by atoms with E-state index in [1.807, 2.05) is 15.9 Å². The normalized spacial score (nSPS) is 16.1. The van der Waals surface area contributed by atoms with Crippen LogP contribution in [-0.4, -0.2) is 4.83 Å². The molecular formula is C9H8BrClF3N. The minimum Gasteiger partial charge on any atom is -0.399 e. The number of nitrogens with two attached hydrogens (primary N) is 1. The van der Waals surface area contributed by atoms with Crippen molar-refractivity contribution in [1.29, 1.82) is 0 Å². The van der Waals surface area contributed by atoms with Crippen LogP contribution in [0.1, 0.15) is 11.1 Å². The van der Waals surface area contributed by atoms with Gasteiger partial charge in [0, 0.05) is 11.3 Å². The summed E-state index contributed by atoms with van der Waals surface area (Å²) in [4.78, 5) is -3.84. The average Bonchev–Trinajstić information content (AvgIpc) is 2.07. The van der Waals surface area contributed by atoms with Gasteiger partial charge >= 0.3 is 4.83 Å². The molecule has 0 aliphatic rings. The molecule has 1 atom stereocenters. The first-order chi connectivity index (χ1) is 6.66. The number of anilines is 1. The van der Waals surface area contributed by atoms with Gasteiger partial charge < -0.3 is 5.73 Å². The molecule has 1 nitrogen and oxygen atoms in total. The second kappa shape index (κ2) is 3.87. The van der Waals surface area contributed by atoms with Gasteiger partial charge in [-0.15, -0.1) is 0 Å². The highest BCUT2D eigenvalue weighted by molar-refractivity contribution is 9.10. The van der Waals surface area contributed by atoms with Crippen LogP contribution in [0.4, 0.5) is 18.9 Å². The number of rotatable bonds is 2. The molecular weight excluding hydrogens is 294 g/mol. The van der Waals surface area contributed by atoms with Crippen LogP contribution >= 0.6 is 27.5 Å². The van der Waals surface area contributed by atoms with E-state index in [4.69, 9.17) is 17.3 Å². The number of hydrogen-bond donors (Lipinski definition) is 1. The maximum atomic E-state index is 13.6. The molecule has 1 unspecified atom stereocenters. The number of benzene rings is 1. The number of aryl methyl sites for hydroxylation is 1. The first kappa shape index (κ1) is 12.6. The van der Waals surface area contributed by atoms with E-state index in [2.05, 4.69) is 0 Å². The first-order valence-electron chi connectivity index (χ1n) is 3.97. The lowest BCUT2D eigenvalue weighted by Gasteiger charge is -2.23. The van der Waals surface area contributed by atoms with E-state index in [9.17, 15) is 13.2 Å². The minimum atomic E-state index is -3.84. The Morgan fingerprint density at radius 1 is 1.33 bits per heavy atom. The lowest BCUT2D eigenvalue weighted by atomic mass is 10.1. The molecule has 0 saturated heterocycles. The molecule has 0 bridgehead atoms. The Labute approximate surface area is 98.5 Å². The number of halogens is 5. The molecule has 0 fully saturated rings. The highest BCUT2D eigenvalue weighted by Crippen LogP contribution is 2.49. The fourth-order valence-electron chi connectivity index (χ4n) is 1.03. The highest BCUT2D eigenvalue weighted by atomic mass is 79.9. The van der Waals surface area contributed by atoms with Crippen LogP contribution < -0.4 is 5.73 Å². The van der Waals surface area contributed by atoms with E-state index in [1.165, 1.54) is 12.1 Å². The second-order valence-corrected chi connectivity index (χ2v) is 4.66. The molecule has 1 aromatic rings. The third-order valence-electron chi connectivity index (χ3n) is 1.99. The van der Waals surface area contributed by atoms with Gasteiger partial charge in [-0.1, -0.05) is 17.7 Å². The van der Waals surface area contributed by atoms with Crippen LogP contribution in [0, 0.1) is 6.92 Å². The van der Waals surface area contributed by atoms with Crippen molar-refractivity contribution in [2.75, 3.05) is 5.73 Å². The molecule has 1 rings (SSSR count). The largest absolute Gasteiger partial charge is 0.399 e. The van der Waals surface area contributed by atoms with Crippen molar-refractivity contribution < 1.29 is 13.2 Å². The second-order valence-electron chi connectivity index (χ2n) is 3.14. The summed E-state index contributed by atoms with van der Waals surface area (Å²) in [7, 11) is 0. The van der Waals surface area contributed by atoms with Gasteiger partial charge in [0.15, 0.2) is 0 Å². The molecule has 84 valence electrons. The van der Waals surface area contributed by atoms with E-state index in [0.717, 1.165) is 6.07 Å². The van der Waals surface area contributed by atoms with Gasteiger partial charge in [-0.05, 0) is 40.5 Å². The van der Waals surface area contributed by atoms with Crippen molar-refractivity contribution >= 4 is 33.2 Å². The van der Waals surface area contributed by atoms with Gasteiger partial charge in [0.05, 0.1) is 0 Å². The monoisotopic (exact) mass is 301 g/mol. The topological polar surface area (TPSA) is 26.0 Å². The molecule has 0 saturated carbocycles. The Morgan fingerprint density at radius 3 is 2.27 bits per heavy atom. The Morgan fingerprint density at radius 2 is 1.87 bits per heavy atom. The van der Waals surface area contributed by atoms with Crippen molar-refractivity contribution in [2.45, 2.75) is 16.9 Å². The van der Waals surface area contributed by atoms with Gasteiger partial charge in [0.2, 0.25) is 0 Å². The summed E-state index contributed by atoms with van der Waals surface area (Å²) in [5.41, 5.74) is 6.03. The molecule has 0 aliphatic heterocycles. The summed E-state index contributed by atoms with van der Waals surface area (Å²) >= 11 is 7.07. The Bertz CT molecular complexity index is 376. The maximum Gasteiger partial charge on any atom is 0.352 e. The molecule has 6 heteroatoms. The minimum absolute atomic E-state index is 0.335. The molecule has 0 radical (unpaired) electrons. The Balaban J connectivity index is 3.22. The molecule has 0 aliphatic carbocycles. The molecule has 2 N–H and O–H groups in total. The fourth-order valence-corrected chi connectivity index (χ4v) is 1.38. The van der Waals surface area contributed by atoms with E-state index in [0.29, 0.717) is 11.3 Å². The lowest BCUT2D eigenvalue weighted by Crippen LogP contribution is -2.31. The zero-order chi connectivity index (χ0) is 11.9. The summed E-state index contributed by atoms with van der Waals surface area (Å²) in [5.74, 6) is 0. The van der Waals surface area contributed by atoms with Gasteiger partial charge in [0.1, 0.15) is 0 Å². The zero-order valence-electron chi connectivity index (χ0n) is 7.70. The van der Waals surface area contributed by atoms with Gasteiger partial charge in [0.25, 0.3) is 5.13 Å². The average molecular weight is 303 g/mol. The standard InChI is InChI=1S/C9H8BrClF3N/c1-5-4-6(2-3-7(5)15)8(11,12)9(10,13)14/h2-4H,15H2,1H3. The van der Waals surface area contributed by atoms with Crippen molar-refractivity contribution in [1.82, 2.24) is 0 Å². The van der Waals surface area contributed by atoms with Crippen molar-refractivity contribution in [2.24, 2.45) is 0 Å². The van der Waals surface area contributed by atoms with Crippen LogP contribution in [0.25, 0.3) is 0 Å². The van der Waals surface area contributed by atoms with Crippen LogP contribution in [0.2, 0.25) is 0 Å². The predicted octanol–water partition coefficient (Wildman–Crippen LogP) is 3.93. The summed E-state index contributed by atoms with van der Waals surface area (Å²) in [5, 5.41) is -3.29. The summed E-state index contributed by atoms with van der Waals surface area (Å²) in [6.45, 7) is 1.58. The van der Waals surface area contributed by atoms with Gasteiger partial charge in [-0.25, -0.2) is 4.39 Å². The molecule has 0 heterocycles. The van der Waals surface area contributed by atoms with E-state index in [-0.39, 0.29) is 5.56 Å². The summed E-state index contributed by atoms with van der Waals surface area (Å²) in [6.07, 6.45) is 0. The van der Waals surface area contributed by atoms with E-state index >= 15 is 0 Å². The van der Waals surface area contributed by atoms with Crippen molar-refractivity contribution in [3.05, 3.63) is 29.3 Å². The Hall–Kier alpha value is -0.420. The van der Waals surface area contributed by atoms with Crippen LogP contribution in [0.3, 0.4) is 0 Å². The van der Waals surface area contributed by atoms with Gasteiger partial charge in [-0.3, -0.25) is 0 Å². The lowest BCUT2D eigenvalue weighted by molar-refractivity contribution is -0.00768. The summed E-state index contributed by atoms with van der Waals surface area (Å²) < 4.78 is 39.2. The molecule has 15 heavy (non-hydrogen) atoms. The predicted molar refractivity (Wildman–Crippen MR) is 58.1 cm³/mol. The number of nitrogen functional groups attached to an aromatic ring is 1. The summed E-state index contributed by atoms with van der Waals surface area (Å²) in [6, 6.07) is 3.65. The maximum absolute atomic E-state index is 13.6. The smallest absolute Gasteiger partial charge is 0.352 e. The Kier molecular flexibility index (Phi) is 3.26. The zero-order valence-corrected chi connectivity index (χ0v) is 10.0. The molecule has 1 aromatic carbocycles. The van der Waals surface area contributed by atoms with Crippen LogP contribution in [0.15, 0.2) is 18.2 Å². The fraction of sp³-hybridized carbons (Fsp3) is 0.333. The number of alkyl halides is 5. The third kappa shape index (κ3) is 2.39. The third-order valence-corrected chi connectivity index (χ3v) is 3.22. The SMILES string of the molecule is Cc1cc(C(F)(Cl)C(F)(F)Br)ccc1N. The number of hydrogen-bond acceptors (Lipinski definition) is 1. The van der Waals surface area contributed by atoms with Crippen molar-refractivity contribution in [3.63, 3.8) is 0 Å². The highest BCUT2D eigenvalue weighted by Gasteiger charge is 2.53. The van der Waals surface area contributed by atoms with Crippen LogP contribution in [0.5, 0.6) is 0 Å². The quantitative estimate of drug-likeness (QED) is 0.650. The van der Waals surface area contributed by atoms with Gasteiger partial charge in [-0.2, -0.15) is 8.78 Å². The van der Waals surface area contributed by atoms with E-state index < -0.39 is 9.96 Å².